The Kier molecular flexibility index (Phi) is 8.36. The second-order valence-corrected chi connectivity index (χ2v) is 6.26. The van der Waals surface area contributed by atoms with Crippen molar-refractivity contribution in [1.29, 1.82) is 0 Å². The van der Waals surface area contributed by atoms with E-state index >= 15 is 0 Å². The number of oxime groups is 1. The molecular weight excluding hydrogens is 360 g/mol. The molecule has 1 aliphatic carbocycles. The highest BCUT2D eigenvalue weighted by Gasteiger charge is 2.31. The third-order valence-electron chi connectivity index (χ3n) is 4.37. The molecule has 0 saturated heterocycles. The smallest absolute Gasteiger partial charge is 0.273 e. The average molecular weight is 386 g/mol. The number of rotatable bonds is 7. The quantitative estimate of drug-likeness (QED) is 0.432. The van der Waals surface area contributed by atoms with Crippen molar-refractivity contribution >= 4 is 18.5 Å². The maximum absolute atomic E-state index is 12.3. The Morgan fingerprint density at radius 1 is 1.36 bits per heavy atom. The number of aliphatic hydroxyl groups is 1. The molecule has 1 aromatic carbocycles. The standard InChI is InChI=1S/C19H22N4O3.CH4O/c1-3-18(26-20-2)21-12-13-9-15(10-13)22-19(24)16-11-17(25-23-16)14-7-5-4-6-8-14;1-2/h4-8,11,13,15H,2-3,9-10,12H2,1H3,(H,22,24);2H,1H3. The molecule has 8 nitrogen and oxygen atoms in total. The summed E-state index contributed by atoms with van der Waals surface area (Å²) < 4.78 is 5.27. The van der Waals surface area contributed by atoms with Gasteiger partial charge in [0.1, 0.15) is 0 Å². The van der Waals surface area contributed by atoms with Crippen molar-refractivity contribution in [3.63, 3.8) is 0 Å². The van der Waals surface area contributed by atoms with Gasteiger partial charge < -0.3 is 19.8 Å². The molecule has 28 heavy (non-hydrogen) atoms. The van der Waals surface area contributed by atoms with Crippen LogP contribution < -0.4 is 5.32 Å². The first-order valence-electron chi connectivity index (χ1n) is 9.13. The van der Waals surface area contributed by atoms with Gasteiger partial charge in [-0.3, -0.25) is 9.79 Å². The van der Waals surface area contributed by atoms with Gasteiger partial charge >= 0.3 is 0 Å². The van der Waals surface area contributed by atoms with Crippen molar-refractivity contribution < 1.29 is 19.3 Å². The summed E-state index contributed by atoms with van der Waals surface area (Å²) in [5, 5.41) is 17.2. The van der Waals surface area contributed by atoms with Crippen LogP contribution in [0.1, 0.15) is 36.7 Å². The lowest BCUT2D eigenvalue weighted by Gasteiger charge is -2.34. The predicted octanol–water partition coefficient (Wildman–Crippen LogP) is 2.90. The van der Waals surface area contributed by atoms with E-state index in [4.69, 9.17) is 14.5 Å². The first-order valence-corrected chi connectivity index (χ1v) is 9.13. The Bertz CT molecular complexity index is 783. The molecule has 2 aromatic rings. The number of amides is 1. The molecule has 2 N–H and O–H groups in total. The van der Waals surface area contributed by atoms with Gasteiger partial charge in [0.2, 0.25) is 5.90 Å². The van der Waals surface area contributed by atoms with E-state index in [1.54, 1.807) is 6.07 Å². The van der Waals surface area contributed by atoms with E-state index in [0.29, 0.717) is 36.2 Å². The summed E-state index contributed by atoms with van der Waals surface area (Å²) in [6.07, 6.45) is 2.45. The highest BCUT2D eigenvalue weighted by atomic mass is 16.6. The zero-order valence-corrected chi connectivity index (χ0v) is 16.2. The van der Waals surface area contributed by atoms with Gasteiger partial charge in [0.15, 0.2) is 11.5 Å². The molecule has 3 rings (SSSR count). The molecule has 1 fully saturated rings. The summed E-state index contributed by atoms with van der Waals surface area (Å²) in [4.78, 5) is 21.7. The minimum Gasteiger partial charge on any atom is -0.400 e. The molecule has 150 valence electrons. The van der Waals surface area contributed by atoms with E-state index in [0.717, 1.165) is 25.5 Å². The van der Waals surface area contributed by atoms with E-state index in [9.17, 15) is 4.79 Å². The number of nitrogens with zero attached hydrogens (tertiary/aromatic N) is 3. The van der Waals surface area contributed by atoms with E-state index in [1.165, 1.54) is 0 Å². The molecule has 0 unspecified atom stereocenters. The van der Waals surface area contributed by atoms with E-state index < -0.39 is 0 Å². The normalized spacial score (nSPS) is 18.3. The second-order valence-electron chi connectivity index (χ2n) is 6.26. The summed E-state index contributed by atoms with van der Waals surface area (Å²) >= 11 is 0. The minimum absolute atomic E-state index is 0.142. The second kappa shape index (κ2) is 11.0. The number of hydrogen-bond acceptors (Lipinski definition) is 7. The molecule has 1 aliphatic rings. The molecule has 0 atom stereocenters. The largest absolute Gasteiger partial charge is 0.400 e. The summed E-state index contributed by atoms with van der Waals surface area (Å²) in [7, 11) is 1.00. The fourth-order valence-electron chi connectivity index (χ4n) is 2.89. The predicted molar refractivity (Wildman–Crippen MR) is 107 cm³/mol. The molecule has 8 heteroatoms. The molecule has 1 saturated carbocycles. The van der Waals surface area contributed by atoms with Crippen LogP contribution >= 0.6 is 0 Å². The molecule has 1 aromatic heterocycles. The van der Waals surface area contributed by atoms with Gasteiger partial charge in [0.25, 0.3) is 5.91 Å². The zero-order valence-electron chi connectivity index (χ0n) is 16.2. The molecule has 0 radical (unpaired) electrons. The van der Waals surface area contributed by atoms with Crippen molar-refractivity contribution in [3.8, 4) is 11.3 Å². The van der Waals surface area contributed by atoms with Crippen molar-refractivity contribution in [2.24, 2.45) is 16.1 Å². The summed E-state index contributed by atoms with van der Waals surface area (Å²) in [6.45, 7) is 5.92. The Labute approximate surface area is 164 Å². The summed E-state index contributed by atoms with van der Waals surface area (Å²) in [5.41, 5.74) is 1.19. The molecule has 1 amide bonds. The highest BCUT2D eigenvalue weighted by molar-refractivity contribution is 5.93. The van der Waals surface area contributed by atoms with Crippen molar-refractivity contribution in [3.05, 3.63) is 42.1 Å². The fourth-order valence-corrected chi connectivity index (χ4v) is 2.89. The molecular formula is C20H26N4O4. The van der Waals surface area contributed by atoms with Gasteiger partial charge in [-0.15, -0.1) is 0 Å². The number of aromatic nitrogens is 1. The molecule has 0 bridgehead atoms. The van der Waals surface area contributed by atoms with E-state index in [2.05, 4.69) is 27.3 Å². The Morgan fingerprint density at radius 2 is 2.07 bits per heavy atom. The number of aliphatic imine (C=N–C) groups is 1. The fraction of sp³-hybridized carbons (Fsp3) is 0.400. The van der Waals surface area contributed by atoms with Crippen LogP contribution in [0.15, 0.2) is 51.1 Å². The van der Waals surface area contributed by atoms with Crippen LogP contribution in [0.4, 0.5) is 0 Å². The summed E-state index contributed by atoms with van der Waals surface area (Å²) in [5.74, 6) is 1.40. The van der Waals surface area contributed by atoms with Crippen LogP contribution in [0.2, 0.25) is 0 Å². The zero-order chi connectivity index (χ0) is 20.4. The highest BCUT2D eigenvalue weighted by Crippen LogP contribution is 2.28. The van der Waals surface area contributed by atoms with Gasteiger partial charge in [0, 0.05) is 44.5 Å². The Balaban J connectivity index is 0.00000136. The lowest BCUT2D eigenvalue weighted by Crippen LogP contribution is -2.45. The van der Waals surface area contributed by atoms with Crippen LogP contribution in [0.25, 0.3) is 11.3 Å². The van der Waals surface area contributed by atoms with Crippen LogP contribution in [-0.2, 0) is 4.84 Å². The first-order chi connectivity index (χ1) is 13.7. The van der Waals surface area contributed by atoms with Gasteiger partial charge in [-0.2, -0.15) is 0 Å². The van der Waals surface area contributed by atoms with Crippen LogP contribution in [-0.4, -0.2) is 48.5 Å². The Morgan fingerprint density at radius 3 is 2.71 bits per heavy atom. The maximum Gasteiger partial charge on any atom is 0.273 e. The SMILES string of the molecule is C=NOC(CC)=NCC1CC(NC(=O)c2cc(-c3ccccc3)on2)C1.CO. The number of benzene rings is 1. The average Bonchev–Trinajstić information content (AvgIpc) is 3.21. The monoisotopic (exact) mass is 386 g/mol. The number of carbonyl (C=O) groups is 1. The third kappa shape index (κ3) is 5.75. The first kappa shape index (κ1) is 21.3. The van der Waals surface area contributed by atoms with Crippen molar-refractivity contribution in [2.45, 2.75) is 32.2 Å². The van der Waals surface area contributed by atoms with Gasteiger partial charge in [-0.05, 0) is 18.8 Å². The van der Waals surface area contributed by atoms with E-state index in [1.807, 2.05) is 37.3 Å². The van der Waals surface area contributed by atoms with Gasteiger partial charge in [0.05, 0.1) is 0 Å². The van der Waals surface area contributed by atoms with E-state index in [-0.39, 0.29) is 11.9 Å². The van der Waals surface area contributed by atoms with Crippen LogP contribution in [0.3, 0.4) is 0 Å². The number of carbonyl (C=O) groups excluding carboxylic acids is 1. The maximum atomic E-state index is 12.3. The Hall–Kier alpha value is -3.00. The molecule has 0 spiro atoms. The molecule has 0 aliphatic heterocycles. The summed E-state index contributed by atoms with van der Waals surface area (Å²) in [6, 6.07) is 11.4. The molecule has 1 heterocycles. The number of hydrogen-bond donors (Lipinski definition) is 2. The lowest BCUT2D eigenvalue weighted by molar-refractivity contribution is 0.0883. The topological polar surface area (TPSA) is 109 Å². The van der Waals surface area contributed by atoms with Crippen molar-refractivity contribution in [2.75, 3.05) is 13.7 Å². The van der Waals surface area contributed by atoms with Crippen LogP contribution in [0.5, 0.6) is 0 Å². The van der Waals surface area contributed by atoms with Crippen LogP contribution in [0, 0.1) is 5.92 Å². The number of aliphatic hydroxyl groups excluding tert-OH is 1. The van der Waals surface area contributed by atoms with Gasteiger partial charge in [-0.1, -0.05) is 47.6 Å². The third-order valence-corrected chi connectivity index (χ3v) is 4.37. The van der Waals surface area contributed by atoms with Gasteiger partial charge in [-0.25, -0.2) is 0 Å². The number of nitrogens with one attached hydrogen (secondary N) is 1. The lowest BCUT2D eigenvalue weighted by atomic mass is 9.80. The minimum atomic E-state index is -0.212. The van der Waals surface area contributed by atoms with Crippen molar-refractivity contribution in [1.82, 2.24) is 10.5 Å².